The van der Waals surface area contributed by atoms with Crippen LogP contribution in [0.1, 0.15) is 26.7 Å². The molecular weight excluding hydrogens is 184 g/mol. The molecule has 0 aliphatic carbocycles. The third-order valence-electron chi connectivity index (χ3n) is 1.28. The molecule has 0 fully saturated rings. The van der Waals surface area contributed by atoms with E-state index in [0.29, 0.717) is 19.4 Å². The van der Waals surface area contributed by atoms with Crippen molar-refractivity contribution in [1.29, 1.82) is 0 Å². The lowest BCUT2D eigenvalue weighted by atomic mass is 10.2. The van der Waals surface area contributed by atoms with Crippen LogP contribution >= 0.6 is 0 Å². The minimum absolute atomic E-state index is 0.0129. The van der Waals surface area contributed by atoms with Crippen LogP contribution < -0.4 is 17.2 Å². The van der Waals surface area contributed by atoms with Crippen LogP contribution in [0, 0.1) is 0 Å². The van der Waals surface area contributed by atoms with Gasteiger partial charge in [0.1, 0.15) is 6.04 Å². The molecule has 0 aromatic heterocycles. The van der Waals surface area contributed by atoms with E-state index in [4.69, 9.17) is 22.3 Å². The highest BCUT2D eigenvalue weighted by molar-refractivity contribution is 5.75. The predicted molar refractivity (Wildman–Crippen MR) is 56.9 cm³/mol. The number of aliphatic imine (C=N–C) groups is 1. The molecule has 6 heteroatoms. The summed E-state index contributed by atoms with van der Waals surface area (Å²) >= 11 is 0. The van der Waals surface area contributed by atoms with Crippen molar-refractivity contribution in [1.82, 2.24) is 0 Å². The number of rotatable bonds is 5. The first kappa shape index (κ1) is 15.2. The quantitative estimate of drug-likeness (QED) is 0.272. The lowest BCUT2D eigenvalue weighted by molar-refractivity contribution is -0.138. The highest BCUT2D eigenvalue weighted by atomic mass is 16.4. The molecule has 0 bridgehead atoms. The number of guanidine groups is 1. The molecule has 7 N–H and O–H groups in total. The minimum atomic E-state index is -1.00. The predicted octanol–water partition coefficient (Wildman–Crippen LogP) is -0.522. The first-order chi connectivity index (χ1) is 6.54. The molecule has 0 radical (unpaired) electrons. The van der Waals surface area contributed by atoms with Crippen molar-refractivity contribution in [2.24, 2.45) is 22.2 Å². The number of aliphatic carboxylic acids is 1. The van der Waals surface area contributed by atoms with Crippen LogP contribution in [0.25, 0.3) is 0 Å². The Morgan fingerprint density at radius 3 is 2.29 bits per heavy atom. The summed E-state index contributed by atoms with van der Waals surface area (Å²) in [6.45, 7) is 4.42. The van der Waals surface area contributed by atoms with Crippen molar-refractivity contribution in [2.45, 2.75) is 32.7 Å². The maximum atomic E-state index is 10.2. The highest BCUT2D eigenvalue weighted by Crippen LogP contribution is 1.94. The summed E-state index contributed by atoms with van der Waals surface area (Å²) in [6, 6.07) is -0.820. The van der Waals surface area contributed by atoms with E-state index in [1.54, 1.807) is 0 Å². The molecule has 0 amide bonds. The molecule has 0 aliphatic heterocycles. The Morgan fingerprint density at radius 1 is 1.43 bits per heavy atom. The number of hydrogen-bond acceptors (Lipinski definition) is 3. The van der Waals surface area contributed by atoms with E-state index in [1.165, 1.54) is 0 Å². The van der Waals surface area contributed by atoms with Crippen LogP contribution in [0.2, 0.25) is 0 Å². The van der Waals surface area contributed by atoms with Crippen LogP contribution in [0.5, 0.6) is 0 Å². The fraction of sp³-hybridized carbons (Fsp3) is 0.750. The fourth-order valence-electron chi connectivity index (χ4n) is 0.643. The Kier molecular flexibility index (Phi) is 10.6. The van der Waals surface area contributed by atoms with E-state index in [9.17, 15) is 4.79 Å². The van der Waals surface area contributed by atoms with E-state index in [-0.39, 0.29) is 5.96 Å². The summed E-state index contributed by atoms with van der Waals surface area (Å²) in [5.41, 5.74) is 15.3. The normalized spacial score (nSPS) is 10.8. The minimum Gasteiger partial charge on any atom is -0.480 e. The molecule has 0 spiro atoms. The van der Waals surface area contributed by atoms with Gasteiger partial charge in [0.25, 0.3) is 0 Å². The average Bonchev–Trinajstić information content (AvgIpc) is 2.15. The largest absolute Gasteiger partial charge is 0.480 e. The number of carboxylic acid groups (broad SMARTS) is 1. The molecule has 84 valence electrons. The number of nitrogens with zero attached hydrogens (tertiary/aromatic N) is 1. The van der Waals surface area contributed by atoms with Gasteiger partial charge < -0.3 is 22.3 Å². The van der Waals surface area contributed by atoms with Gasteiger partial charge in [-0.15, -0.1) is 0 Å². The summed E-state index contributed by atoms with van der Waals surface area (Å²) in [4.78, 5) is 13.9. The number of carbonyl (C=O) groups is 1. The third kappa shape index (κ3) is 10.7. The first-order valence-electron chi connectivity index (χ1n) is 4.58. The van der Waals surface area contributed by atoms with Crippen molar-refractivity contribution in [3.8, 4) is 0 Å². The SMILES string of the molecule is CC.NC(N)=NCCC[C@H](N)C(=O)O. The molecule has 0 aliphatic rings. The molecule has 0 saturated heterocycles. The molecule has 0 saturated carbocycles. The number of carboxylic acids is 1. The standard InChI is InChI=1S/C6H14N4O2.C2H6/c7-4(5(11)12)2-1-3-10-6(8)9;1-2/h4H,1-3,7H2,(H,11,12)(H4,8,9,10);1-2H3/t4-;/m0./s1. The van der Waals surface area contributed by atoms with Crippen LogP contribution in [0.4, 0.5) is 0 Å². The molecule has 0 unspecified atom stereocenters. The lowest BCUT2D eigenvalue weighted by Crippen LogP contribution is -2.30. The van der Waals surface area contributed by atoms with E-state index < -0.39 is 12.0 Å². The zero-order valence-corrected chi connectivity index (χ0v) is 8.73. The number of nitrogens with two attached hydrogens (primary N) is 3. The molecule has 0 rings (SSSR count). The smallest absolute Gasteiger partial charge is 0.320 e. The van der Waals surface area contributed by atoms with Crippen molar-refractivity contribution >= 4 is 11.9 Å². The Hall–Kier alpha value is -1.30. The van der Waals surface area contributed by atoms with Gasteiger partial charge in [0.05, 0.1) is 0 Å². The van der Waals surface area contributed by atoms with Gasteiger partial charge in [-0.25, -0.2) is 0 Å². The van der Waals surface area contributed by atoms with Gasteiger partial charge >= 0.3 is 5.97 Å². The van der Waals surface area contributed by atoms with Crippen LogP contribution in [0.3, 0.4) is 0 Å². The second kappa shape index (κ2) is 9.79. The maximum Gasteiger partial charge on any atom is 0.320 e. The Balaban J connectivity index is 0. The van der Waals surface area contributed by atoms with Gasteiger partial charge in [-0.05, 0) is 12.8 Å². The topological polar surface area (TPSA) is 128 Å². The second-order valence-corrected chi connectivity index (χ2v) is 2.39. The number of hydrogen-bond donors (Lipinski definition) is 4. The molecule has 14 heavy (non-hydrogen) atoms. The van der Waals surface area contributed by atoms with E-state index in [1.807, 2.05) is 13.8 Å². The first-order valence-corrected chi connectivity index (χ1v) is 4.58. The second-order valence-electron chi connectivity index (χ2n) is 2.39. The van der Waals surface area contributed by atoms with Crippen LogP contribution in [-0.4, -0.2) is 29.6 Å². The van der Waals surface area contributed by atoms with E-state index in [0.717, 1.165) is 0 Å². The molecule has 0 heterocycles. The van der Waals surface area contributed by atoms with Gasteiger partial charge in [-0.2, -0.15) is 0 Å². The molecular formula is C8H20N4O2. The molecule has 1 atom stereocenters. The van der Waals surface area contributed by atoms with Gasteiger partial charge in [0, 0.05) is 6.54 Å². The third-order valence-corrected chi connectivity index (χ3v) is 1.28. The Labute approximate surface area is 84.2 Å². The zero-order valence-electron chi connectivity index (χ0n) is 8.73. The van der Waals surface area contributed by atoms with Crippen molar-refractivity contribution in [3.63, 3.8) is 0 Å². The van der Waals surface area contributed by atoms with Gasteiger partial charge in [-0.1, -0.05) is 13.8 Å². The lowest BCUT2D eigenvalue weighted by Gasteiger charge is -2.03. The van der Waals surface area contributed by atoms with Crippen LogP contribution in [-0.2, 0) is 4.79 Å². The Bertz CT molecular complexity index is 178. The summed E-state index contributed by atoms with van der Waals surface area (Å²) in [7, 11) is 0. The summed E-state index contributed by atoms with van der Waals surface area (Å²) in [6.07, 6.45) is 0.956. The summed E-state index contributed by atoms with van der Waals surface area (Å²) < 4.78 is 0. The van der Waals surface area contributed by atoms with Gasteiger partial charge in [0.15, 0.2) is 5.96 Å². The molecule has 0 aromatic rings. The summed E-state index contributed by atoms with van der Waals surface area (Å²) in [5.74, 6) is -0.987. The summed E-state index contributed by atoms with van der Waals surface area (Å²) in [5, 5.41) is 8.38. The zero-order chi connectivity index (χ0) is 11.6. The maximum absolute atomic E-state index is 10.2. The monoisotopic (exact) mass is 204 g/mol. The van der Waals surface area contributed by atoms with Crippen molar-refractivity contribution < 1.29 is 9.90 Å². The molecule has 0 aromatic carbocycles. The highest BCUT2D eigenvalue weighted by Gasteiger charge is 2.09. The average molecular weight is 204 g/mol. The van der Waals surface area contributed by atoms with Gasteiger partial charge in [-0.3, -0.25) is 9.79 Å². The van der Waals surface area contributed by atoms with Crippen molar-refractivity contribution in [2.75, 3.05) is 6.54 Å². The Morgan fingerprint density at radius 2 is 1.93 bits per heavy atom. The van der Waals surface area contributed by atoms with Crippen molar-refractivity contribution in [3.05, 3.63) is 0 Å². The van der Waals surface area contributed by atoms with Crippen LogP contribution in [0.15, 0.2) is 4.99 Å². The fourth-order valence-corrected chi connectivity index (χ4v) is 0.643. The van der Waals surface area contributed by atoms with E-state index >= 15 is 0 Å². The van der Waals surface area contributed by atoms with E-state index in [2.05, 4.69) is 4.99 Å². The van der Waals surface area contributed by atoms with Gasteiger partial charge in [0.2, 0.25) is 0 Å². The molecule has 6 nitrogen and oxygen atoms in total.